The van der Waals surface area contributed by atoms with Crippen LogP contribution in [0.1, 0.15) is 219 Å². The molecule has 0 fully saturated rings. The Labute approximate surface area is 444 Å². The van der Waals surface area contributed by atoms with Crippen LogP contribution in [0.2, 0.25) is 0 Å². The number of hydrogen-bond acceptors (Lipinski definition) is 5. The lowest BCUT2D eigenvalue weighted by Crippen LogP contribution is -2.46. The van der Waals surface area contributed by atoms with Crippen LogP contribution in [0.3, 0.4) is 0 Å². The van der Waals surface area contributed by atoms with E-state index in [1.165, 1.54) is 83.5 Å². The summed E-state index contributed by atoms with van der Waals surface area (Å²) in [4.78, 5) is 23.2. The van der Waals surface area contributed by atoms with Gasteiger partial charge in [-0.05, 0) is 89.9 Å². The quantitative estimate of drug-likeness (QED) is 0.0243. The van der Waals surface area contributed by atoms with Gasteiger partial charge in [0.2, 0.25) is 5.91 Å². The molecule has 72 heavy (non-hydrogen) atoms. The van der Waals surface area contributed by atoms with Crippen molar-refractivity contribution in [2.45, 2.75) is 231 Å². The number of aliphatic hydroxyl groups is 1. The first-order chi connectivity index (χ1) is 35.0. The first kappa shape index (κ1) is 68.9. The van der Waals surface area contributed by atoms with Crippen LogP contribution in [-0.2, 0) is 18.4 Å². The Morgan fingerprint density at radius 1 is 0.486 bits per heavy atom. The Balaban J connectivity index is 3.99. The van der Waals surface area contributed by atoms with Crippen molar-refractivity contribution in [2.24, 2.45) is 0 Å². The van der Waals surface area contributed by atoms with Gasteiger partial charge in [-0.15, -0.1) is 0 Å². The van der Waals surface area contributed by atoms with Crippen LogP contribution in [0.15, 0.2) is 122 Å². The maximum atomic E-state index is 12.9. The molecular weight excluding hydrogens is 912 g/mol. The molecule has 412 valence electrons. The lowest BCUT2D eigenvalue weighted by atomic mass is 10.0. The molecule has 0 saturated heterocycles. The van der Waals surface area contributed by atoms with E-state index in [0.29, 0.717) is 23.9 Å². The average molecular weight is 1020 g/mol. The van der Waals surface area contributed by atoms with Crippen LogP contribution in [0.5, 0.6) is 0 Å². The zero-order valence-corrected chi connectivity index (χ0v) is 47.8. The summed E-state index contributed by atoms with van der Waals surface area (Å²) >= 11 is 0. The highest BCUT2D eigenvalue weighted by molar-refractivity contribution is 7.47. The number of rotatable bonds is 51. The smallest absolute Gasteiger partial charge is 0.391 e. The molecule has 3 N–H and O–H groups in total. The Bertz CT molecular complexity index is 1580. The minimum atomic E-state index is -4.32. The van der Waals surface area contributed by atoms with Gasteiger partial charge in [-0.2, -0.15) is 0 Å². The molecule has 0 rings (SSSR count). The van der Waals surface area contributed by atoms with E-state index < -0.39 is 20.0 Å². The number of amides is 1. The number of quaternary nitrogens is 1. The zero-order chi connectivity index (χ0) is 52.7. The molecule has 0 radical (unpaired) electrons. The van der Waals surface area contributed by atoms with Gasteiger partial charge in [-0.1, -0.05) is 245 Å². The number of hydrogen-bond donors (Lipinski definition) is 3. The number of nitrogens with one attached hydrogen (secondary N) is 1. The molecule has 0 aliphatic rings. The summed E-state index contributed by atoms with van der Waals surface area (Å²) in [6.07, 6.45) is 78.5. The lowest BCUT2D eigenvalue weighted by Gasteiger charge is -2.26. The number of aliphatic hydroxyl groups excluding tert-OH is 1. The van der Waals surface area contributed by atoms with Gasteiger partial charge < -0.3 is 19.8 Å². The minimum Gasteiger partial charge on any atom is -0.391 e. The minimum absolute atomic E-state index is 0.0685. The van der Waals surface area contributed by atoms with Crippen molar-refractivity contribution < 1.29 is 32.9 Å². The van der Waals surface area contributed by atoms with E-state index in [0.717, 1.165) is 109 Å². The number of nitrogens with zero attached hydrogens (tertiary/aromatic N) is 1. The SMILES string of the molecule is CC/C=C\C/C=C\C/C=C\C/C=C\C/C=C\C/C=C\C/C=C\C/C=C\C/C=C\C/C=C\CCCCCCCCCCCCC(=O)NC(COP(=O)(O)OCC[N+](C)(C)C)C(O)CCCCCCCCCCC. The highest BCUT2D eigenvalue weighted by atomic mass is 31.2. The fraction of sp³-hybridized carbons (Fsp3) is 0.667. The van der Waals surface area contributed by atoms with E-state index >= 15 is 0 Å². The molecule has 3 atom stereocenters. The summed E-state index contributed by atoms with van der Waals surface area (Å²) < 4.78 is 23.6. The molecule has 0 aromatic carbocycles. The van der Waals surface area contributed by atoms with Gasteiger partial charge in [0.25, 0.3) is 0 Å². The van der Waals surface area contributed by atoms with Gasteiger partial charge in [0.05, 0.1) is 39.9 Å². The first-order valence-corrected chi connectivity index (χ1v) is 30.4. The maximum absolute atomic E-state index is 12.9. The average Bonchev–Trinajstić information content (AvgIpc) is 3.34. The molecule has 0 heterocycles. The Morgan fingerprint density at radius 2 is 0.833 bits per heavy atom. The third-order valence-electron chi connectivity index (χ3n) is 12.2. The molecule has 0 aliphatic heterocycles. The van der Waals surface area contributed by atoms with Gasteiger partial charge in [-0.25, -0.2) is 4.57 Å². The highest BCUT2D eigenvalue weighted by Crippen LogP contribution is 2.43. The largest absolute Gasteiger partial charge is 0.472 e. The maximum Gasteiger partial charge on any atom is 0.472 e. The predicted molar refractivity (Wildman–Crippen MR) is 313 cm³/mol. The molecule has 0 saturated carbocycles. The Kier molecular flexibility index (Phi) is 50.5. The van der Waals surface area contributed by atoms with Crippen LogP contribution in [-0.4, -0.2) is 73.4 Å². The number of allylic oxidation sites excluding steroid dienone is 20. The second-order valence-electron chi connectivity index (χ2n) is 20.3. The van der Waals surface area contributed by atoms with Gasteiger partial charge in [0.1, 0.15) is 13.2 Å². The van der Waals surface area contributed by atoms with Crippen molar-refractivity contribution >= 4 is 13.7 Å². The van der Waals surface area contributed by atoms with Gasteiger partial charge >= 0.3 is 7.82 Å². The number of phosphoric acid groups is 1. The number of carbonyl (C=O) groups excluding carboxylic acids is 1. The summed E-state index contributed by atoms with van der Waals surface area (Å²) in [5.41, 5.74) is 0. The summed E-state index contributed by atoms with van der Waals surface area (Å²) in [7, 11) is 1.60. The van der Waals surface area contributed by atoms with Crippen LogP contribution in [0.25, 0.3) is 0 Å². The second kappa shape index (κ2) is 52.8. The molecule has 3 unspecified atom stereocenters. The fourth-order valence-electron chi connectivity index (χ4n) is 7.72. The molecule has 8 nitrogen and oxygen atoms in total. The van der Waals surface area contributed by atoms with Crippen LogP contribution < -0.4 is 5.32 Å². The van der Waals surface area contributed by atoms with E-state index in [1.807, 2.05) is 21.1 Å². The van der Waals surface area contributed by atoms with Crippen molar-refractivity contribution in [1.29, 1.82) is 0 Å². The first-order valence-electron chi connectivity index (χ1n) is 28.9. The van der Waals surface area contributed by atoms with Gasteiger partial charge in [0.15, 0.2) is 0 Å². The zero-order valence-electron chi connectivity index (χ0n) is 46.9. The standard InChI is InChI=1S/C63H109N2O6P/c1-6-8-10-12-14-16-17-18-19-20-21-22-23-24-25-26-27-28-29-30-31-32-33-34-35-36-37-38-39-40-41-42-43-44-45-46-47-49-51-53-55-57-63(67)64-61(60-71-72(68,69)70-59-58-65(3,4)5)62(66)56-54-52-50-48-15-13-11-9-7-2/h8,10,14,16,18-19,21-22,24-25,27-28,30-31,33-34,36-37,39-40,61-62,66H,6-7,9,11-13,15,17,20,23,26,29,32,35,38,41-60H2,1-5H3,(H-,64,67,68,69)/p+1/b10-8-,16-14-,19-18-,22-21-,25-24-,28-27-,31-30-,34-33-,37-36-,40-39-. The highest BCUT2D eigenvalue weighted by Gasteiger charge is 2.28. The second-order valence-corrected chi connectivity index (χ2v) is 21.7. The summed E-state index contributed by atoms with van der Waals surface area (Å²) in [6, 6.07) is -0.768. The Morgan fingerprint density at radius 3 is 1.22 bits per heavy atom. The molecule has 0 spiro atoms. The van der Waals surface area contributed by atoms with E-state index in [4.69, 9.17) is 9.05 Å². The van der Waals surface area contributed by atoms with E-state index in [1.54, 1.807) is 0 Å². The van der Waals surface area contributed by atoms with E-state index in [9.17, 15) is 19.4 Å². The topological polar surface area (TPSA) is 105 Å². The lowest BCUT2D eigenvalue weighted by molar-refractivity contribution is -0.870. The Hall–Kier alpha value is -3.10. The van der Waals surface area contributed by atoms with Crippen LogP contribution >= 0.6 is 7.82 Å². The predicted octanol–water partition coefficient (Wildman–Crippen LogP) is 17.8. The van der Waals surface area contributed by atoms with Gasteiger partial charge in [0, 0.05) is 6.42 Å². The monoisotopic (exact) mass is 1020 g/mol. The van der Waals surface area contributed by atoms with Crippen molar-refractivity contribution in [1.82, 2.24) is 5.32 Å². The van der Waals surface area contributed by atoms with Gasteiger partial charge in [-0.3, -0.25) is 13.8 Å². The summed E-state index contributed by atoms with van der Waals surface area (Å²) in [5, 5.41) is 13.9. The normalized spacial score (nSPS) is 14.8. The fourth-order valence-corrected chi connectivity index (χ4v) is 8.46. The molecule has 0 bridgehead atoms. The van der Waals surface area contributed by atoms with Crippen LogP contribution in [0.4, 0.5) is 0 Å². The molecule has 0 aromatic heterocycles. The summed E-state index contributed by atoms with van der Waals surface area (Å²) in [6.45, 7) is 4.73. The van der Waals surface area contributed by atoms with Crippen molar-refractivity contribution in [2.75, 3.05) is 40.9 Å². The molecule has 9 heteroatoms. The van der Waals surface area contributed by atoms with Crippen molar-refractivity contribution in [3.63, 3.8) is 0 Å². The molecule has 0 aromatic rings. The third kappa shape index (κ3) is 54.7. The molecular formula is C63H110N2O6P+. The van der Waals surface area contributed by atoms with Crippen LogP contribution in [0, 0.1) is 0 Å². The van der Waals surface area contributed by atoms with E-state index in [-0.39, 0.29) is 19.1 Å². The van der Waals surface area contributed by atoms with Crippen molar-refractivity contribution in [3.8, 4) is 0 Å². The number of carbonyl (C=O) groups is 1. The number of likely N-dealkylation sites (N-methyl/N-ethyl adjacent to an activating group) is 1. The summed E-state index contributed by atoms with van der Waals surface area (Å²) in [5.74, 6) is -0.157. The molecule has 1 amide bonds. The molecule has 0 aliphatic carbocycles. The van der Waals surface area contributed by atoms with Crippen molar-refractivity contribution in [3.05, 3.63) is 122 Å². The number of unbranched alkanes of at least 4 members (excludes halogenated alkanes) is 18. The third-order valence-corrected chi connectivity index (χ3v) is 13.2. The number of phosphoric ester groups is 1. The van der Waals surface area contributed by atoms with E-state index in [2.05, 4.69) is 141 Å².